The summed E-state index contributed by atoms with van der Waals surface area (Å²) in [5.74, 6) is -2.39. The van der Waals surface area contributed by atoms with Crippen molar-refractivity contribution < 1.29 is 8.78 Å². The molecule has 0 radical (unpaired) electrons. The second-order valence-corrected chi connectivity index (χ2v) is 7.15. The van der Waals surface area contributed by atoms with Gasteiger partial charge in [-0.1, -0.05) is 6.92 Å². The lowest BCUT2D eigenvalue weighted by molar-refractivity contribution is -0.00833. The minimum Gasteiger partial charge on any atom is -0.347 e. The molecule has 0 atom stereocenters. The van der Waals surface area contributed by atoms with Crippen LogP contribution in [-0.2, 0) is 6.42 Å². The van der Waals surface area contributed by atoms with Gasteiger partial charge < -0.3 is 5.32 Å². The van der Waals surface area contributed by atoms with Gasteiger partial charge in [-0.15, -0.1) is 5.10 Å². The molecule has 0 unspecified atom stereocenters. The van der Waals surface area contributed by atoms with Crippen LogP contribution in [0.2, 0.25) is 0 Å². The molecule has 1 fully saturated rings. The Labute approximate surface area is 159 Å². The Morgan fingerprint density at radius 3 is 2.79 bits per heavy atom. The van der Waals surface area contributed by atoms with Crippen LogP contribution in [0.1, 0.15) is 25.5 Å². The molecule has 9 heteroatoms. The molecule has 0 aliphatic heterocycles. The number of anilines is 1. The number of aryl methyl sites for hydroxylation is 1. The molecule has 1 saturated carbocycles. The average molecular weight is 383 g/mol. The Morgan fingerprint density at radius 1 is 1.18 bits per heavy atom. The van der Waals surface area contributed by atoms with E-state index in [4.69, 9.17) is 0 Å². The van der Waals surface area contributed by atoms with E-state index in [0.717, 1.165) is 28.8 Å². The molecular formula is C19H19F2N7. The number of hydrogen-bond donors (Lipinski definition) is 1. The summed E-state index contributed by atoms with van der Waals surface area (Å²) in [6.45, 7) is 1.62. The maximum Gasteiger partial charge on any atom is 0.267 e. The van der Waals surface area contributed by atoms with Gasteiger partial charge >= 0.3 is 0 Å². The van der Waals surface area contributed by atoms with Gasteiger partial charge in [0.25, 0.3) is 5.92 Å². The molecule has 28 heavy (non-hydrogen) atoms. The van der Waals surface area contributed by atoms with E-state index in [9.17, 15) is 8.78 Å². The van der Waals surface area contributed by atoms with E-state index in [-0.39, 0.29) is 5.95 Å². The summed E-state index contributed by atoms with van der Waals surface area (Å²) in [5.41, 5.74) is 3.68. The van der Waals surface area contributed by atoms with Gasteiger partial charge in [0.1, 0.15) is 0 Å². The summed E-state index contributed by atoms with van der Waals surface area (Å²) in [4.78, 5) is 12.9. The highest BCUT2D eigenvalue weighted by molar-refractivity contribution is 5.79. The molecule has 0 spiro atoms. The third kappa shape index (κ3) is 2.87. The zero-order valence-corrected chi connectivity index (χ0v) is 15.3. The molecule has 0 bridgehead atoms. The standard InChI is InChI=1S/C19H19F2N7/c1-2-14-8-24-18-23-7-12(10-27(14)18)15-5-6-28-16(15)9-22-17(26-28)25-11-19(20,21)13-3-4-13/h5-10,13H,2-4,11H2,1H3,(H,25,26). The first-order valence-electron chi connectivity index (χ1n) is 9.33. The SMILES string of the molecule is CCc1cnc2ncc(-c3ccn4nc(NCC(F)(F)C5CC5)ncc34)cn12. The van der Waals surface area contributed by atoms with Gasteiger partial charge in [-0.05, 0) is 25.3 Å². The van der Waals surface area contributed by atoms with Crippen LogP contribution in [-0.4, -0.2) is 41.4 Å². The minimum absolute atomic E-state index is 0.187. The zero-order valence-electron chi connectivity index (χ0n) is 15.3. The monoisotopic (exact) mass is 383 g/mol. The zero-order chi connectivity index (χ0) is 19.3. The van der Waals surface area contributed by atoms with Crippen LogP contribution in [0.25, 0.3) is 22.4 Å². The van der Waals surface area contributed by atoms with Gasteiger partial charge in [0.15, 0.2) is 0 Å². The van der Waals surface area contributed by atoms with Crippen LogP contribution >= 0.6 is 0 Å². The number of fused-ring (bicyclic) bond motifs is 2. The fraction of sp³-hybridized carbons (Fsp3) is 0.368. The van der Waals surface area contributed by atoms with Crippen molar-refractivity contribution >= 4 is 17.2 Å². The Hall–Kier alpha value is -3.10. The molecule has 1 aliphatic carbocycles. The van der Waals surface area contributed by atoms with Gasteiger partial charge in [-0.2, -0.15) is 0 Å². The van der Waals surface area contributed by atoms with E-state index in [1.54, 1.807) is 23.1 Å². The molecule has 5 rings (SSSR count). The lowest BCUT2D eigenvalue weighted by Gasteiger charge is -2.15. The van der Waals surface area contributed by atoms with Crippen LogP contribution in [0.3, 0.4) is 0 Å². The van der Waals surface area contributed by atoms with Crippen molar-refractivity contribution in [2.45, 2.75) is 32.1 Å². The molecule has 1 aliphatic rings. The lowest BCUT2D eigenvalue weighted by atomic mass is 10.1. The summed E-state index contributed by atoms with van der Waals surface area (Å²) >= 11 is 0. The van der Waals surface area contributed by atoms with E-state index in [2.05, 4.69) is 32.3 Å². The van der Waals surface area contributed by atoms with E-state index in [1.807, 2.05) is 22.9 Å². The molecular weight excluding hydrogens is 364 g/mol. The molecule has 4 aromatic rings. The van der Waals surface area contributed by atoms with Crippen molar-refractivity contribution in [3.63, 3.8) is 0 Å². The van der Waals surface area contributed by atoms with Crippen LogP contribution in [0.4, 0.5) is 14.7 Å². The van der Waals surface area contributed by atoms with Gasteiger partial charge in [-0.25, -0.2) is 28.2 Å². The molecule has 0 saturated heterocycles. The number of halogens is 2. The normalized spacial score (nSPS) is 14.8. The first-order chi connectivity index (χ1) is 13.5. The summed E-state index contributed by atoms with van der Waals surface area (Å²) in [6, 6.07) is 1.91. The van der Waals surface area contributed by atoms with Gasteiger partial charge in [-0.3, -0.25) is 4.40 Å². The van der Waals surface area contributed by atoms with E-state index >= 15 is 0 Å². The number of alkyl halides is 2. The first-order valence-corrected chi connectivity index (χ1v) is 9.33. The molecule has 1 N–H and O–H groups in total. The first kappa shape index (κ1) is 17.0. The highest BCUT2D eigenvalue weighted by atomic mass is 19.3. The molecule has 7 nitrogen and oxygen atoms in total. The summed E-state index contributed by atoms with van der Waals surface area (Å²) in [7, 11) is 0. The Kier molecular flexibility index (Phi) is 3.78. The van der Waals surface area contributed by atoms with Crippen molar-refractivity contribution in [3.05, 3.63) is 42.7 Å². The molecule has 0 amide bonds. The topological polar surface area (TPSA) is 72.4 Å². The third-order valence-corrected chi connectivity index (χ3v) is 5.19. The van der Waals surface area contributed by atoms with Crippen LogP contribution in [0.5, 0.6) is 0 Å². The number of rotatable bonds is 6. The maximum absolute atomic E-state index is 13.9. The number of imidazole rings is 1. The molecule has 0 aromatic carbocycles. The fourth-order valence-corrected chi connectivity index (χ4v) is 3.39. The Balaban J connectivity index is 1.45. The van der Waals surface area contributed by atoms with Crippen LogP contribution in [0, 0.1) is 5.92 Å². The molecule has 4 aromatic heterocycles. The predicted molar refractivity (Wildman–Crippen MR) is 101 cm³/mol. The number of aromatic nitrogens is 6. The van der Waals surface area contributed by atoms with Crippen molar-refractivity contribution in [2.75, 3.05) is 11.9 Å². The van der Waals surface area contributed by atoms with Crippen molar-refractivity contribution in [3.8, 4) is 11.1 Å². The summed E-state index contributed by atoms with van der Waals surface area (Å²) in [5, 5.41) is 6.98. The minimum atomic E-state index is -2.72. The predicted octanol–water partition coefficient (Wildman–Crippen LogP) is 3.46. The van der Waals surface area contributed by atoms with Crippen LogP contribution < -0.4 is 5.32 Å². The van der Waals surface area contributed by atoms with Gasteiger partial charge in [0.2, 0.25) is 11.7 Å². The molecule has 144 valence electrons. The average Bonchev–Trinajstić information content (AvgIpc) is 3.37. The van der Waals surface area contributed by atoms with E-state index in [1.165, 1.54) is 0 Å². The smallest absolute Gasteiger partial charge is 0.267 e. The lowest BCUT2D eigenvalue weighted by Crippen LogP contribution is -2.30. The highest BCUT2D eigenvalue weighted by Gasteiger charge is 2.46. The summed E-state index contributed by atoms with van der Waals surface area (Å²) < 4.78 is 31.3. The quantitative estimate of drug-likeness (QED) is 0.552. The third-order valence-electron chi connectivity index (χ3n) is 5.19. The summed E-state index contributed by atoms with van der Waals surface area (Å²) in [6.07, 6.45) is 11.0. The number of hydrogen-bond acceptors (Lipinski definition) is 5. The van der Waals surface area contributed by atoms with Crippen molar-refractivity contribution in [1.82, 2.24) is 29.0 Å². The largest absolute Gasteiger partial charge is 0.347 e. The van der Waals surface area contributed by atoms with Crippen LogP contribution in [0.15, 0.2) is 37.1 Å². The highest BCUT2D eigenvalue weighted by Crippen LogP contribution is 2.43. The maximum atomic E-state index is 13.9. The molecule has 4 heterocycles. The van der Waals surface area contributed by atoms with Crippen molar-refractivity contribution in [2.24, 2.45) is 5.92 Å². The fourth-order valence-electron chi connectivity index (χ4n) is 3.39. The Bertz CT molecular complexity index is 1160. The second-order valence-electron chi connectivity index (χ2n) is 7.15. The Morgan fingerprint density at radius 2 is 2.00 bits per heavy atom. The van der Waals surface area contributed by atoms with Gasteiger partial charge in [0.05, 0.1) is 24.5 Å². The van der Waals surface area contributed by atoms with E-state index in [0.29, 0.717) is 18.6 Å². The number of nitrogens with zero attached hydrogens (tertiary/aromatic N) is 6. The van der Waals surface area contributed by atoms with Gasteiger partial charge in [0, 0.05) is 41.3 Å². The van der Waals surface area contributed by atoms with E-state index < -0.39 is 18.4 Å². The van der Waals surface area contributed by atoms with Crippen molar-refractivity contribution in [1.29, 1.82) is 0 Å². The second kappa shape index (κ2) is 6.22. The number of nitrogens with one attached hydrogen (secondary N) is 1.